The lowest BCUT2D eigenvalue weighted by Gasteiger charge is -2.35. The van der Waals surface area contributed by atoms with Crippen LogP contribution in [0.1, 0.15) is 13.8 Å². The highest BCUT2D eigenvalue weighted by molar-refractivity contribution is 6.11. The summed E-state index contributed by atoms with van der Waals surface area (Å²) in [6, 6.07) is 0.657. The SMILES string of the molecule is [2H]N1C(C(=O)O)C=C2N(CC(=O)Nc3ccc(F)cn3)C3=C(CN(C(C)C)C3=O)C(=O)N21. The van der Waals surface area contributed by atoms with E-state index in [1.807, 2.05) is 0 Å². The van der Waals surface area contributed by atoms with Gasteiger partial charge in [-0.3, -0.25) is 19.2 Å². The van der Waals surface area contributed by atoms with Gasteiger partial charge in [0.15, 0.2) is 0 Å². The van der Waals surface area contributed by atoms with Crippen molar-refractivity contribution < 1.29 is 30.1 Å². The van der Waals surface area contributed by atoms with Crippen LogP contribution in [-0.4, -0.2) is 73.8 Å². The summed E-state index contributed by atoms with van der Waals surface area (Å²) in [6.45, 7) is 3.05. The Morgan fingerprint density at radius 1 is 1.39 bits per heavy atom. The first-order valence-electron chi connectivity index (χ1n) is 9.85. The number of carboxylic acid groups (broad SMARTS) is 1. The van der Waals surface area contributed by atoms with Crippen molar-refractivity contribution in [1.82, 2.24) is 25.2 Å². The van der Waals surface area contributed by atoms with Crippen LogP contribution in [0.2, 0.25) is 1.41 Å². The van der Waals surface area contributed by atoms with Crippen molar-refractivity contribution in [3.8, 4) is 0 Å². The molecule has 4 rings (SSSR count). The molecule has 0 fully saturated rings. The van der Waals surface area contributed by atoms with Gasteiger partial charge < -0.3 is 20.2 Å². The molecule has 0 saturated heterocycles. The molecule has 4 heterocycles. The fraction of sp³-hybridized carbons (Fsp3) is 0.316. The topological polar surface area (TPSA) is 135 Å². The quantitative estimate of drug-likeness (QED) is 0.574. The van der Waals surface area contributed by atoms with Gasteiger partial charge in [0.05, 0.1) is 18.3 Å². The third-order valence-corrected chi connectivity index (χ3v) is 5.01. The highest BCUT2D eigenvalue weighted by Gasteiger charge is 2.49. The second kappa shape index (κ2) is 7.47. The van der Waals surface area contributed by atoms with Crippen LogP contribution in [-0.2, 0) is 19.2 Å². The summed E-state index contributed by atoms with van der Waals surface area (Å²) in [5.41, 5.74) is 0.531. The molecule has 1 unspecified atom stereocenters. The molecule has 0 aromatic carbocycles. The summed E-state index contributed by atoms with van der Waals surface area (Å²) in [6.07, 6.45) is 2.05. The van der Waals surface area contributed by atoms with Crippen LogP contribution in [0.25, 0.3) is 0 Å². The highest BCUT2D eigenvalue weighted by atomic mass is 19.1. The number of hydrogen-bond acceptors (Lipinski definition) is 7. The minimum Gasteiger partial charge on any atom is -0.480 e. The van der Waals surface area contributed by atoms with Crippen molar-refractivity contribution in [3.05, 3.63) is 47.3 Å². The van der Waals surface area contributed by atoms with Crippen LogP contribution < -0.4 is 10.7 Å². The number of nitrogens with zero attached hydrogens (tertiary/aromatic N) is 4. The van der Waals surface area contributed by atoms with Crippen molar-refractivity contribution in [2.75, 3.05) is 18.4 Å². The predicted molar refractivity (Wildman–Crippen MR) is 103 cm³/mol. The lowest BCUT2D eigenvalue weighted by Crippen LogP contribution is -2.52. The Bertz CT molecular complexity index is 1090. The van der Waals surface area contributed by atoms with Gasteiger partial charge in [0.1, 0.15) is 37.2 Å². The molecule has 31 heavy (non-hydrogen) atoms. The fourth-order valence-corrected chi connectivity index (χ4v) is 3.53. The number of carbonyl (C=O) groups is 4. The molecular weight excluding hydrogens is 411 g/mol. The lowest BCUT2D eigenvalue weighted by molar-refractivity contribution is -0.140. The van der Waals surface area contributed by atoms with Crippen molar-refractivity contribution in [2.24, 2.45) is 0 Å². The number of anilines is 1. The van der Waals surface area contributed by atoms with Crippen LogP contribution in [0.15, 0.2) is 41.5 Å². The minimum atomic E-state index is -1.48. The van der Waals surface area contributed by atoms with Gasteiger partial charge in [-0.1, -0.05) is 0 Å². The lowest BCUT2D eigenvalue weighted by atomic mass is 10.1. The molecule has 3 aliphatic heterocycles. The van der Waals surface area contributed by atoms with E-state index < -0.39 is 42.1 Å². The Hall–Kier alpha value is -3.80. The monoisotopic (exact) mass is 431 g/mol. The molecular formula is C19H19FN6O5. The van der Waals surface area contributed by atoms with Gasteiger partial charge in [0.2, 0.25) is 5.91 Å². The summed E-state index contributed by atoms with van der Waals surface area (Å²) in [5.74, 6) is -3.77. The number of aliphatic carboxylic acids is 1. The maximum absolute atomic E-state index is 13.1. The number of aromatic nitrogens is 1. The molecule has 3 amide bonds. The zero-order valence-corrected chi connectivity index (χ0v) is 16.6. The van der Waals surface area contributed by atoms with E-state index in [1.165, 1.54) is 15.9 Å². The summed E-state index contributed by atoms with van der Waals surface area (Å²) >= 11 is 0. The molecule has 0 bridgehead atoms. The van der Waals surface area contributed by atoms with E-state index in [-0.39, 0.29) is 35.5 Å². The van der Waals surface area contributed by atoms with Gasteiger partial charge >= 0.3 is 5.97 Å². The number of hydrazine groups is 1. The van der Waals surface area contributed by atoms with E-state index in [4.69, 9.17) is 1.41 Å². The number of carboxylic acids is 1. The number of nitrogens with one attached hydrogen (secondary N) is 2. The average Bonchev–Trinajstić information content (AvgIpc) is 3.25. The molecule has 162 valence electrons. The van der Waals surface area contributed by atoms with Gasteiger partial charge in [-0.25, -0.2) is 19.8 Å². The summed E-state index contributed by atoms with van der Waals surface area (Å²) < 4.78 is 21.2. The summed E-state index contributed by atoms with van der Waals surface area (Å²) in [4.78, 5) is 56.8. The maximum atomic E-state index is 13.1. The predicted octanol–water partition coefficient (Wildman–Crippen LogP) is -0.379. The van der Waals surface area contributed by atoms with Crippen molar-refractivity contribution >= 4 is 29.5 Å². The Morgan fingerprint density at radius 2 is 2.13 bits per heavy atom. The largest absolute Gasteiger partial charge is 0.480 e. The van der Waals surface area contributed by atoms with Gasteiger partial charge in [-0.05, 0) is 32.1 Å². The van der Waals surface area contributed by atoms with Crippen molar-refractivity contribution in [2.45, 2.75) is 25.9 Å². The normalized spacial score (nSPS) is 21.4. The zero-order valence-electron chi connectivity index (χ0n) is 17.6. The highest BCUT2D eigenvalue weighted by Crippen LogP contribution is 2.35. The van der Waals surface area contributed by atoms with E-state index in [9.17, 15) is 28.7 Å². The molecule has 12 heteroatoms. The molecule has 0 saturated carbocycles. The van der Waals surface area contributed by atoms with Gasteiger partial charge in [-0.15, -0.1) is 0 Å². The first kappa shape index (κ1) is 19.2. The molecule has 0 aliphatic carbocycles. The first-order chi connectivity index (χ1) is 15.1. The molecule has 3 N–H and O–H groups in total. The second-order valence-electron chi connectivity index (χ2n) is 7.39. The molecule has 0 spiro atoms. The molecule has 11 nitrogen and oxygen atoms in total. The fourth-order valence-electron chi connectivity index (χ4n) is 3.53. The summed E-state index contributed by atoms with van der Waals surface area (Å²) in [5, 5.41) is 12.7. The third kappa shape index (κ3) is 3.50. The Balaban J connectivity index is 1.70. The Morgan fingerprint density at radius 3 is 2.74 bits per heavy atom. The van der Waals surface area contributed by atoms with Crippen LogP contribution in [0.5, 0.6) is 0 Å². The zero-order chi connectivity index (χ0) is 23.3. The number of amides is 3. The van der Waals surface area contributed by atoms with Crippen molar-refractivity contribution in [1.29, 1.82) is 0 Å². The van der Waals surface area contributed by atoms with Crippen LogP contribution in [0.4, 0.5) is 10.2 Å². The number of rotatable bonds is 5. The first-order valence-corrected chi connectivity index (χ1v) is 9.40. The van der Waals surface area contributed by atoms with E-state index in [2.05, 4.69) is 10.3 Å². The van der Waals surface area contributed by atoms with E-state index in [1.54, 1.807) is 13.8 Å². The molecule has 0 radical (unpaired) electrons. The Labute approximate surface area is 177 Å². The second-order valence-corrected chi connectivity index (χ2v) is 7.39. The number of fused-ring (bicyclic) bond motifs is 1. The number of halogens is 1. The third-order valence-electron chi connectivity index (χ3n) is 5.01. The minimum absolute atomic E-state index is 0.0301. The van der Waals surface area contributed by atoms with Gasteiger partial charge in [0, 0.05) is 6.04 Å². The molecule has 1 aromatic heterocycles. The number of carbonyl (C=O) groups excluding carboxylic acids is 3. The molecule has 1 aromatic rings. The number of pyridine rings is 1. The number of hydrogen-bond donors (Lipinski definition) is 3. The van der Waals surface area contributed by atoms with Gasteiger partial charge in [-0.2, -0.15) is 0 Å². The average molecular weight is 431 g/mol. The Kier molecular flexibility index (Phi) is 4.62. The van der Waals surface area contributed by atoms with E-state index in [0.29, 0.717) is 5.42 Å². The smallest absolute Gasteiger partial charge is 0.326 e. The summed E-state index contributed by atoms with van der Waals surface area (Å²) in [7, 11) is 0. The van der Waals surface area contributed by atoms with Crippen LogP contribution in [0.3, 0.4) is 0 Å². The molecule has 1 atom stereocenters. The standard InChI is InChI=1S/C19H19FN6O5/c1-9(2)24-7-11-16(18(24)29)25(8-14(27)22-13-4-3-10(20)6-21-13)15-5-12(19(30)31)23-26(15)17(11)28/h3-6,9,12,23H,7-8H2,1-2H3,(H,30,31)(H,21,22,27)/i/hD. The van der Waals surface area contributed by atoms with E-state index >= 15 is 0 Å². The van der Waals surface area contributed by atoms with E-state index in [0.717, 1.165) is 23.3 Å². The molecule has 3 aliphatic rings. The van der Waals surface area contributed by atoms with Crippen LogP contribution in [0, 0.1) is 5.82 Å². The maximum Gasteiger partial charge on any atom is 0.326 e. The van der Waals surface area contributed by atoms with Crippen LogP contribution >= 0.6 is 0 Å². The van der Waals surface area contributed by atoms with Crippen molar-refractivity contribution in [3.63, 3.8) is 0 Å². The van der Waals surface area contributed by atoms with Gasteiger partial charge in [0.25, 0.3) is 11.8 Å².